The molecule has 0 N–H and O–H groups in total. The van der Waals surface area contributed by atoms with Gasteiger partial charge >= 0.3 is 41.6 Å². The molecule has 0 saturated heterocycles. The van der Waals surface area contributed by atoms with E-state index in [1.165, 1.54) is 77.2 Å². The molecule has 0 heterocycles. The minimum atomic E-state index is 0. The molecule has 0 spiro atoms. The molecule has 0 aromatic heterocycles. The van der Waals surface area contributed by atoms with Crippen molar-refractivity contribution in [3.05, 3.63) is 108 Å². The Bertz CT molecular complexity index is 1460. The molecule has 0 aliphatic heterocycles. The molecule has 0 radical (unpaired) electrons. The minimum Gasteiger partial charge on any atom is -1.00 e. The second-order valence-electron chi connectivity index (χ2n) is 9.01. The zero-order valence-electron chi connectivity index (χ0n) is 21.4. The molecule has 6 aromatic rings. The number of benzene rings is 4. The topological polar surface area (TPSA) is 0 Å². The average molecular weight is 694 g/mol. The van der Waals surface area contributed by atoms with Crippen molar-refractivity contribution >= 4 is 48.6 Å². The van der Waals surface area contributed by atoms with E-state index >= 15 is 0 Å². The van der Waals surface area contributed by atoms with Crippen LogP contribution in [0.15, 0.2) is 97.1 Å². The fraction of sp³-hybridized carbons (Fsp3) is 0.188. The summed E-state index contributed by atoms with van der Waals surface area (Å²) in [5.74, 6) is 0. The zero-order chi connectivity index (χ0) is 24.1. The van der Waals surface area contributed by atoms with Gasteiger partial charge in [0.25, 0.3) is 0 Å². The molecule has 0 bridgehead atoms. The van der Waals surface area contributed by atoms with Crippen molar-refractivity contribution in [3.63, 3.8) is 0 Å². The van der Waals surface area contributed by atoms with Gasteiger partial charge in [-0.15, -0.1) is 56.9 Å². The first-order valence-corrected chi connectivity index (χ1v) is 20.0. The molecule has 0 saturated carbocycles. The molecule has 0 aliphatic carbocycles. The quantitative estimate of drug-likeness (QED) is 0.193. The van der Waals surface area contributed by atoms with Crippen LogP contribution in [0.2, 0.25) is 13.1 Å². The Morgan fingerprint density at radius 3 is 1.31 bits per heavy atom. The molecule has 184 valence electrons. The fourth-order valence-corrected chi connectivity index (χ4v) is 4.46. The standard InChI is InChI=1S/2C15H13.C2H6Si.2ClH.Hf/c2*1-2-11-9-13-8-7-12-5-3-4-6-14(12)15(13)10-11;1-3-2;;;/h2*3-10H,2H2,1H3;1-2H3;2*1H;/q2*-1;;;;+2/p-2. The van der Waals surface area contributed by atoms with Crippen LogP contribution < -0.4 is 24.8 Å². The Morgan fingerprint density at radius 2 is 0.944 bits per heavy atom. The van der Waals surface area contributed by atoms with Crippen LogP contribution in [0, 0.1) is 0 Å². The molecule has 6 aromatic carbocycles. The van der Waals surface area contributed by atoms with Crippen LogP contribution in [-0.4, -0.2) is 5.49 Å². The van der Waals surface area contributed by atoms with Crippen molar-refractivity contribution in [2.24, 2.45) is 0 Å². The van der Waals surface area contributed by atoms with Gasteiger partial charge in [-0.1, -0.05) is 85.3 Å². The summed E-state index contributed by atoms with van der Waals surface area (Å²) in [5, 5.41) is 10.9. The predicted octanol–water partition coefficient (Wildman–Crippen LogP) is 3.34. The molecule has 0 nitrogen and oxygen atoms in total. The van der Waals surface area contributed by atoms with E-state index in [1.54, 1.807) is 0 Å². The Balaban J connectivity index is 0.000000211. The largest absolute Gasteiger partial charge is 1.00 e. The first-order valence-electron chi connectivity index (χ1n) is 12.2. The number of fused-ring (bicyclic) bond motifs is 6. The normalized spacial score (nSPS) is 10.2. The first-order chi connectivity index (χ1) is 16.5. The molecular formula is C32H32Cl2HfSi-2. The molecule has 0 atom stereocenters. The molecule has 4 heteroatoms. The third-order valence-corrected chi connectivity index (χ3v) is 6.17. The molecule has 0 aliphatic rings. The monoisotopic (exact) mass is 694 g/mol. The molecule has 6 rings (SSSR count). The molecule has 0 unspecified atom stereocenters. The van der Waals surface area contributed by atoms with Crippen LogP contribution in [0.4, 0.5) is 0 Å². The number of halogens is 2. The SMILES string of the molecule is CCc1cc2c(ccc3ccccc32)[cH-]1.CCc1cc2c(ccc3ccccc32)[cH-]1.C[Si](C)=[Hf+2].[Cl-].[Cl-]. The molecule has 0 amide bonds. The minimum absolute atomic E-state index is 0. The third-order valence-electron chi connectivity index (χ3n) is 6.17. The van der Waals surface area contributed by atoms with E-state index in [-0.39, 0.29) is 30.3 Å². The van der Waals surface area contributed by atoms with Crippen LogP contribution >= 0.6 is 0 Å². The number of hydrogen-bond acceptors (Lipinski definition) is 0. The van der Waals surface area contributed by atoms with Crippen molar-refractivity contribution in [1.29, 1.82) is 0 Å². The number of rotatable bonds is 2. The van der Waals surface area contributed by atoms with E-state index in [0.29, 0.717) is 0 Å². The van der Waals surface area contributed by atoms with Gasteiger partial charge in [-0.05, 0) is 23.6 Å². The van der Waals surface area contributed by atoms with Gasteiger partial charge in [0.2, 0.25) is 0 Å². The van der Waals surface area contributed by atoms with Gasteiger partial charge in [0.05, 0.1) is 0 Å². The first kappa shape index (κ1) is 30.5. The predicted molar refractivity (Wildman–Crippen MR) is 150 cm³/mol. The van der Waals surface area contributed by atoms with Crippen molar-refractivity contribution in [2.75, 3.05) is 0 Å². The van der Waals surface area contributed by atoms with Crippen molar-refractivity contribution in [2.45, 2.75) is 39.8 Å². The maximum Gasteiger partial charge on any atom is -1.00 e. The van der Waals surface area contributed by atoms with Crippen LogP contribution in [0.1, 0.15) is 25.0 Å². The molecule has 36 heavy (non-hydrogen) atoms. The van der Waals surface area contributed by atoms with Crippen molar-refractivity contribution in [3.8, 4) is 0 Å². The summed E-state index contributed by atoms with van der Waals surface area (Å²) >= 11 is 1.45. The number of hydrogen-bond donors (Lipinski definition) is 0. The van der Waals surface area contributed by atoms with E-state index in [2.05, 4.69) is 124 Å². The van der Waals surface area contributed by atoms with E-state index in [0.717, 1.165) is 12.8 Å². The third kappa shape index (κ3) is 7.19. The van der Waals surface area contributed by atoms with E-state index in [9.17, 15) is 0 Å². The maximum absolute atomic E-state index is 2.33. The van der Waals surface area contributed by atoms with Gasteiger partial charge < -0.3 is 24.8 Å². The van der Waals surface area contributed by atoms with Crippen LogP contribution in [0.5, 0.6) is 0 Å². The second kappa shape index (κ2) is 14.3. The van der Waals surface area contributed by atoms with Gasteiger partial charge in [0.1, 0.15) is 0 Å². The van der Waals surface area contributed by atoms with E-state index < -0.39 is 0 Å². The smallest absolute Gasteiger partial charge is 1.00 e. The second-order valence-corrected chi connectivity index (χ2v) is 21.8. The van der Waals surface area contributed by atoms with Gasteiger partial charge in [0, 0.05) is 0 Å². The Kier molecular flexibility index (Phi) is 12.1. The van der Waals surface area contributed by atoms with Crippen LogP contribution in [0.25, 0.3) is 43.1 Å². The summed E-state index contributed by atoms with van der Waals surface area (Å²) in [7, 11) is 0. The van der Waals surface area contributed by atoms with Crippen LogP contribution in [0.3, 0.4) is 0 Å². The van der Waals surface area contributed by atoms with E-state index in [4.69, 9.17) is 0 Å². The van der Waals surface area contributed by atoms with Gasteiger partial charge in [-0.2, -0.15) is 12.1 Å². The van der Waals surface area contributed by atoms with Gasteiger partial charge in [0.15, 0.2) is 0 Å². The Hall–Kier alpha value is -1.71. The average Bonchev–Trinajstić information content (AvgIpc) is 3.48. The Morgan fingerprint density at radius 1 is 0.583 bits per heavy atom. The summed E-state index contributed by atoms with van der Waals surface area (Å²) in [4.78, 5) is 0. The maximum atomic E-state index is 2.33. The molecule has 0 fully saturated rings. The zero-order valence-corrected chi connectivity index (χ0v) is 27.5. The fourth-order valence-electron chi connectivity index (χ4n) is 4.46. The van der Waals surface area contributed by atoms with Crippen molar-refractivity contribution < 1.29 is 47.8 Å². The Labute approximate surface area is 242 Å². The van der Waals surface area contributed by atoms with Gasteiger partial charge in [-0.3, -0.25) is 0 Å². The summed E-state index contributed by atoms with van der Waals surface area (Å²) < 4.78 is 0. The number of aryl methyl sites for hydroxylation is 2. The summed E-state index contributed by atoms with van der Waals surface area (Å²) in [6.07, 6.45) is 2.23. The molecular weight excluding hydrogens is 662 g/mol. The van der Waals surface area contributed by atoms with E-state index in [1.807, 2.05) is 0 Å². The summed E-state index contributed by atoms with van der Waals surface area (Å²) in [6.45, 7) is 9.07. The van der Waals surface area contributed by atoms with Crippen LogP contribution in [-0.2, 0) is 35.8 Å². The summed E-state index contributed by atoms with van der Waals surface area (Å²) in [6, 6.07) is 35.2. The summed E-state index contributed by atoms with van der Waals surface area (Å²) in [5.41, 5.74) is 3.12. The van der Waals surface area contributed by atoms with Crippen molar-refractivity contribution in [1.82, 2.24) is 0 Å². The van der Waals surface area contributed by atoms with Gasteiger partial charge in [-0.25, -0.2) is 0 Å².